The Kier molecular flexibility index (Phi) is 6.98. The molecule has 0 aliphatic rings. The van der Waals surface area contributed by atoms with Crippen molar-refractivity contribution in [1.29, 1.82) is 0 Å². The van der Waals surface area contributed by atoms with Crippen molar-refractivity contribution in [3.8, 4) is 0 Å². The maximum Gasteiger partial charge on any atom is 0.335 e. The number of carbonyl (C=O) groups excluding carboxylic acids is 1. The summed E-state index contributed by atoms with van der Waals surface area (Å²) in [7, 11) is -3.19. The van der Waals surface area contributed by atoms with Gasteiger partial charge in [0.2, 0.25) is 0 Å². The molecular formula is C11H23O5P. The summed E-state index contributed by atoms with van der Waals surface area (Å²) in [5.41, 5.74) is 0. The summed E-state index contributed by atoms with van der Waals surface area (Å²) in [6.45, 7) is 9.55. The Morgan fingerprint density at radius 1 is 1.12 bits per heavy atom. The zero-order chi connectivity index (χ0) is 13.5. The molecule has 0 saturated heterocycles. The van der Waals surface area contributed by atoms with Crippen molar-refractivity contribution in [3.05, 3.63) is 0 Å². The molecule has 5 nitrogen and oxygen atoms in total. The van der Waals surface area contributed by atoms with E-state index in [1.165, 1.54) is 0 Å². The number of hydrogen-bond acceptors (Lipinski definition) is 5. The molecule has 0 spiro atoms. The van der Waals surface area contributed by atoms with Gasteiger partial charge in [0.15, 0.2) is 0 Å². The van der Waals surface area contributed by atoms with Crippen molar-refractivity contribution in [2.75, 3.05) is 19.8 Å². The molecule has 0 N–H and O–H groups in total. The highest BCUT2D eigenvalue weighted by Gasteiger charge is 2.39. The lowest BCUT2D eigenvalue weighted by Crippen LogP contribution is -2.20. The molecule has 0 radical (unpaired) electrons. The van der Waals surface area contributed by atoms with Crippen molar-refractivity contribution in [2.45, 2.75) is 46.2 Å². The van der Waals surface area contributed by atoms with Gasteiger partial charge in [-0.3, -0.25) is 9.36 Å². The monoisotopic (exact) mass is 266 g/mol. The van der Waals surface area contributed by atoms with Gasteiger partial charge in [0.1, 0.15) is 0 Å². The quantitative estimate of drug-likeness (QED) is 0.523. The largest absolute Gasteiger partial charge is 0.466 e. The van der Waals surface area contributed by atoms with Crippen LogP contribution in [0.5, 0.6) is 0 Å². The van der Waals surface area contributed by atoms with E-state index in [-0.39, 0.29) is 19.0 Å². The predicted octanol–water partition coefficient (Wildman–Crippen LogP) is 2.98. The van der Waals surface area contributed by atoms with Crippen molar-refractivity contribution >= 4 is 13.6 Å². The van der Waals surface area contributed by atoms with Crippen molar-refractivity contribution in [1.82, 2.24) is 0 Å². The Morgan fingerprint density at radius 3 is 2.12 bits per heavy atom. The van der Waals surface area contributed by atoms with E-state index in [0.29, 0.717) is 13.2 Å². The van der Waals surface area contributed by atoms with E-state index < -0.39 is 12.8 Å². The number of carbonyl (C=O) groups is 1. The van der Waals surface area contributed by atoms with E-state index in [1.807, 2.05) is 0 Å². The van der Waals surface area contributed by atoms with Crippen LogP contribution in [0.2, 0.25) is 0 Å². The molecule has 0 heterocycles. The lowest BCUT2D eigenvalue weighted by Gasteiger charge is -2.29. The third-order valence-corrected chi connectivity index (χ3v) is 4.76. The fourth-order valence-corrected chi connectivity index (χ4v) is 2.60. The van der Waals surface area contributed by atoms with Crippen molar-refractivity contribution in [3.63, 3.8) is 0 Å². The SMILES string of the molecule is CCOC(=O)CCOP(=O)(OCC)C(C)(C)C. The van der Waals surface area contributed by atoms with Gasteiger partial charge in [0.25, 0.3) is 0 Å². The van der Waals surface area contributed by atoms with Crippen LogP contribution in [-0.4, -0.2) is 30.9 Å². The van der Waals surface area contributed by atoms with E-state index in [1.54, 1.807) is 34.6 Å². The first kappa shape index (κ1) is 16.6. The van der Waals surface area contributed by atoms with Gasteiger partial charge in [-0.25, -0.2) is 0 Å². The van der Waals surface area contributed by atoms with E-state index in [4.69, 9.17) is 13.8 Å². The topological polar surface area (TPSA) is 61.8 Å². The molecule has 102 valence electrons. The van der Waals surface area contributed by atoms with Crippen LogP contribution < -0.4 is 0 Å². The zero-order valence-electron chi connectivity index (χ0n) is 11.3. The number of rotatable bonds is 7. The Hall–Kier alpha value is -0.380. The van der Waals surface area contributed by atoms with Gasteiger partial charge >= 0.3 is 13.6 Å². The second-order valence-electron chi connectivity index (χ2n) is 4.47. The predicted molar refractivity (Wildman–Crippen MR) is 66.2 cm³/mol. The molecule has 1 atom stereocenters. The van der Waals surface area contributed by atoms with E-state index in [2.05, 4.69) is 0 Å². The fraction of sp³-hybridized carbons (Fsp3) is 0.909. The maximum absolute atomic E-state index is 12.4. The minimum absolute atomic E-state index is 0.0490. The average Bonchev–Trinajstić information content (AvgIpc) is 2.16. The molecule has 0 bridgehead atoms. The minimum atomic E-state index is -3.19. The van der Waals surface area contributed by atoms with E-state index >= 15 is 0 Å². The molecular weight excluding hydrogens is 243 g/mol. The smallest absolute Gasteiger partial charge is 0.335 e. The molecule has 0 fully saturated rings. The highest BCUT2D eigenvalue weighted by Crippen LogP contribution is 2.59. The van der Waals surface area contributed by atoms with Crippen LogP contribution in [0, 0.1) is 0 Å². The summed E-state index contributed by atoms with van der Waals surface area (Å²) >= 11 is 0. The van der Waals surface area contributed by atoms with Crippen molar-refractivity contribution < 1.29 is 23.1 Å². The summed E-state index contributed by atoms with van der Waals surface area (Å²) in [4.78, 5) is 11.1. The molecule has 0 aromatic rings. The highest BCUT2D eigenvalue weighted by molar-refractivity contribution is 7.55. The Morgan fingerprint density at radius 2 is 1.71 bits per heavy atom. The van der Waals surface area contributed by atoms with Crippen LogP contribution in [0.15, 0.2) is 0 Å². The molecule has 6 heteroatoms. The van der Waals surface area contributed by atoms with E-state index in [9.17, 15) is 9.36 Å². The molecule has 0 aromatic heterocycles. The second kappa shape index (κ2) is 7.14. The molecule has 0 saturated carbocycles. The van der Waals surface area contributed by atoms with Crippen LogP contribution in [-0.2, 0) is 23.1 Å². The third-order valence-electron chi connectivity index (χ3n) is 1.99. The Balaban J connectivity index is 4.30. The Bertz CT molecular complexity index is 282. The van der Waals surface area contributed by atoms with Crippen LogP contribution >= 0.6 is 7.60 Å². The lowest BCUT2D eigenvalue weighted by molar-refractivity contribution is -0.143. The first-order chi connectivity index (χ1) is 7.77. The Labute approximate surface area is 103 Å². The second-order valence-corrected chi connectivity index (χ2v) is 7.33. The summed E-state index contributed by atoms with van der Waals surface area (Å²) in [6, 6.07) is 0. The van der Waals surface area contributed by atoms with Crippen LogP contribution in [0.1, 0.15) is 41.0 Å². The first-order valence-electron chi connectivity index (χ1n) is 5.81. The molecule has 17 heavy (non-hydrogen) atoms. The van der Waals surface area contributed by atoms with Gasteiger partial charge in [-0.2, -0.15) is 0 Å². The lowest BCUT2D eigenvalue weighted by atomic mass is 10.3. The first-order valence-corrected chi connectivity index (χ1v) is 7.36. The van der Waals surface area contributed by atoms with Crippen molar-refractivity contribution in [2.24, 2.45) is 0 Å². The van der Waals surface area contributed by atoms with Gasteiger partial charge in [0, 0.05) is 0 Å². The molecule has 0 aliphatic heterocycles. The van der Waals surface area contributed by atoms with Crippen LogP contribution in [0.3, 0.4) is 0 Å². The molecule has 0 aromatic carbocycles. The summed E-state index contributed by atoms with van der Waals surface area (Å²) in [5.74, 6) is -0.357. The minimum Gasteiger partial charge on any atom is -0.466 e. The summed E-state index contributed by atoms with van der Waals surface area (Å²) < 4.78 is 27.6. The maximum atomic E-state index is 12.4. The fourth-order valence-electron chi connectivity index (χ4n) is 1.08. The number of ether oxygens (including phenoxy) is 1. The molecule has 0 aliphatic carbocycles. The molecule has 1 unspecified atom stereocenters. The zero-order valence-corrected chi connectivity index (χ0v) is 12.2. The van der Waals surface area contributed by atoms with Gasteiger partial charge in [0.05, 0.1) is 31.4 Å². The standard InChI is InChI=1S/C11H23O5P/c1-6-14-10(12)8-9-16-17(13,15-7-2)11(3,4)5/h6-9H2,1-5H3. The number of esters is 1. The van der Waals surface area contributed by atoms with Crippen LogP contribution in [0.4, 0.5) is 0 Å². The third kappa shape index (κ3) is 5.66. The summed E-state index contributed by atoms with van der Waals surface area (Å²) in [5, 5.41) is -0.600. The highest BCUT2D eigenvalue weighted by atomic mass is 31.2. The van der Waals surface area contributed by atoms with Crippen LogP contribution in [0.25, 0.3) is 0 Å². The molecule has 0 rings (SSSR count). The van der Waals surface area contributed by atoms with Gasteiger partial charge in [-0.15, -0.1) is 0 Å². The molecule has 0 amide bonds. The normalized spacial score (nSPS) is 15.4. The van der Waals surface area contributed by atoms with Gasteiger partial charge in [-0.05, 0) is 34.6 Å². The number of hydrogen-bond donors (Lipinski definition) is 0. The van der Waals surface area contributed by atoms with Gasteiger partial charge in [-0.1, -0.05) is 0 Å². The average molecular weight is 266 g/mol. The van der Waals surface area contributed by atoms with E-state index in [0.717, 1.165) is 0 Å². The summed E-state index contributed by atoms with van der Waals surface area (Å²) in [6.07, 6.45) is 0.0843. The van der Waals surface area contributed by atoms with Gasteiger partial charge < -0.3 is 13.8 Å².